The molecule has 0 radical (unpaired) electrons. The van der Waals surface area contributed by atoms with Crippen molar-refractivity contribution in [1.82, 2.24) is 15.5 Å². The van der Waals surface area contributed by atoms with Crippen molar-refractivity contribution in [3.8, 4) is 0 Å². The van der Waals surface area contributed by atoms with E-state index in [9.17, 15) is 0 Å². The summed E-state index contributed by atoms with van der Waals surface area (Å²) in [7, 11) is 7.98. The van der Waals surface area contributed by atoms with E-state index < -0.39 is 0 Å². The van der Waals surface area contributed by atoms with E-state index in [0.717, 1.165) is 45.2 Å². The number of anilines is 1. The summed E-state index contributed by atoms with van der Waals surface area (Å²) in [6.07, 6.45) is 1.06. The fourth-order valence-corrected chi connectivity index (χ4v) is 2.40. The molecule has 0 fully saturated rings. The smallest absolute Gasteiger partial charge is 0.191 e. The van der Waals surface area contributed by atoms with Crippen molar-refractivity contribution in [2.45, 2.75) is 19.9 Å². The summed E-state index contributed by atoms with van der Waals surface area (Å²) in [5, 5.41) is 6.71. The molecule has 1 aromatic carbocycles. The van der Waals surface area contributed by atoms with Crippen LogP contribution in [-0.2, 0) is 11.3 Å². The lowest BCUT2D eigenvalue weighted by Crippen LogP contribution is -2.41. The molecular formula is C19H36IN5O. The number of hydrogen-bond acceptors (Lipinski definition) is 4. The van der Waals surface area contributed by atoms with Crippen LogP contribution in [0.25, 0.3) is 0 Å². The van der Waals surface area contributed by atoms with Gasteiger partial charge in [0.25, 0.3) is 0 Å². The molecule has 2 N–H and O–H groups in total. The molecule has 0 saturated heterocycles. The number of guanidine groups is 1. The van der Waals surface area contributed by atoms with Crippen LogP contribution in [0.3, 0.4) is 0 Å². The van der Waals surface area contributed by atoms with Gasteiger partial charge in [-0.25, -0.2) is 4.99 Å². The van der Waals surface area contributed by atoms with Crippen LogP contribution in [0, 0.1) is 0 Å². The van der Waals surface area contributed by atoms with Crippen LogP contribution in [0.4, 0.5) is 5.69 Å². The molecule has 0 aliphatic carbocycles. The predicted octanol–water partition coefficient (Wildman–Crippen LogP) is 2.39. The maximum atomic E-state index is 5.09. The van der Waals surface area contributed by atoms with Gasteiger partial charge in [-0.2, -0.15) is 0 Å². The molecule has 26 heavy (non-hydrogen) atoms. The maximum absolute atomic E-state index is 5.09. The Morgan fingerprint density at radius 2 is 1.92 bits per heavy atom. The predicted molar refractivity (Wildman–Crippen MR) is 123 cm³/mol. The van der Waals surface area contributed by atoms with Crippen molar-refractivity contribution in [2.75, 3.05) is 65.9 Å². The van der Waals surface area contributed by atoms with Crippen LogP contribution in [-0.4, -0.2) is 71.9 Å². The van der Waals surface area contributed by atoms with Crippen LogP contribution in [0.15, 0.2) is 29.3 Å². The third-order valence-electron chi connectivity index (χ3n) is 3.87. The van der Waals surface area contributed by atoms with Crippen molar-refractivity contribution in [3.63, 3.8) is 0 Å². The second-order valence-corrected chi connectivity index (χ2v) is 6.34. The van der Waals surface area contributed by atoms with Crippen molar-refractivity contribution >= 4 is 35.6 Å². The van der Waals surface area contributed by atoms with Gasteiger partial charge in [0, 0.05) is 59.7 Å². The standard InChI is InChI=1S/C19H35N5O.HI/c1-6-20-19(21-11-13-24(4)12-8-14-25-5)22-16-17-9-7-10-18(15-17)23(2)3;/h7,9-10,15H,6,8,11-14,16H2,1-5H3,(H2,20,21,22);1H. The minimum atomic E-state index is 0. The summed E-state index contributed by atoms with van der Waals surface area (Å²) < 4.78 is 5.09. The van der Waals surface area contributed by atoms with E-state index in [4.69, 9.17) is 9.73 Å². The highest BCUT2D eigenvalue weighted by Gasteiger charge is 2.02. The number of aliphatic imine (C=N–C) groups is 1. The first kappa shape index (κ1) is 24.9. The quantitative estimate of drug-likeness (QED) is 0.222. The minimum absolute atomic E-state index is 0. The second kappa shape index (κ2) is 15.0. The summed E-state index contributed by atoms with van der Waals surface area (Å²) >= 11 is 0. The molecule has 0 heterocycles. The molecule has 0 amide bonds. The molecular weight excluding hydrogens is 441 g/mol. The molecule has 0 unspecified atom stereocenters. The highest BCUT2D eigenvalue weighted by atomic mass is 127. The third-order valence-corrected chi connectivity index (χ3v) is 3.87. The summed E-state index contributed by atoms with van der Waals surface area (Å²) in [6.45, 7) is 7.31. The molecule has 0 saturated carbocycles. The average Bonchev–Trinajstić information content (AvgIpc) is 2.60. The van der Waals surface area contributed by atoms with Crippen molar-refractivity contribution in [3.05, 3.63) is 29.8 Å². The van der Waals surface area contributed by atoms with Gasteiger partial charge in [0.15, 0.2) is 5.96 Å². The lowest BCUT2D eigenvalue weighted by Gasteiger charge is -2.18. The summed E-state index contributed by atoms with van der Waals surface area (Å²) in [6, 6.07) is 8.48. The number of nitrogens with one attached hydrogen (secondary N) is 2. The number of halogens is 1. The van der Waals surface area contributed by atoms with Gasteiger partial charge in [-0.05, 0) is 38.1 Å². The summed E-state index contributed by atoms with van der Waals surface area (Å²) in [5.41, 5.74) is 2.41. The fourth-order valence-electron chi connectivity index (χ4n) is 2.40. The maximum Gasteiger partial charge on any atom is 0.191 e. The third kappa shape index (κ3) is 10.8. The second-order valence-electron chi connectivity index (χ2n) is 6.34. The van der Waals surface area contributed by atoms with Crippen molar-refractivity contribution in [2.24, 2.45) is 4.99 Å². The summed E-state index contributed by atoms with van der Waals surface area (Å²) in [5.74, 6) is 0.864. The molecule has 0 spiro atoms. The minimum Gasteiger partial charge on any atom is -0.385 e. The van der Waals surface area contributed by atoms with Gasteiger partial charge in [-0.15, -0.1) is 24.0 Å². The molecule has 0 aromatic heterocycles. The van der Waals surface area contributed by atoms with E-state index >= 15 is 0 Å². The highest BCUT2D eigenvalue weighted by molar-refractivity contribution is 14.0. The Morgan fingerprint density at radius 1 is 1.15 bits per heavy atom. The zero-order valence-electron chi connectivity index (χ0n) is 16.9. The highest BCUT2D eigenvalue weighted by Crippen LogP contribution is 2.13. The molecule has 0 aliphatic heterocycles. The Hall–Kier alpha value is -1.06. The molecule has 0 atom stereocenters. The number of ether oxygens (including phenoxy) is 1. The number of nitrogens with zero attached hydrogens (tertiary/aromatic N) is 3. The van der Waals surface area contributed by atoms with Crippen molar-refractivity contribution in [1.29, 1.82) is 0 Å². The van der Waals surface area contributed by atoms with Gasteiger partial charge >= 0.3 is 0 Å². The molecule has 7 heteroatoms. The van der Waals surface area contributed by atoms with Gasteiger partial charge in [-0.1, -0.05) is 12.1 Å². The van der Waals surface area contributed by atoms with Gasteiger partial charge in [0.05, 0.1) is 6.54 Å². The van der Waals surface area contributed by atoms with E-state index in [0.29, 0.717) is 6.54 Å². The largest absolute Gasteiger partial charge is 0.385 e. The lowest BCUT2D eigenvalue weighted by molar-refractivity contribution is 0.180. The van der Waals surface area contributed by atoms with Gasteiger partial charge in [0.2, 0.25) is 0 Å². The fraction of sp³-hybridized carbons (Fsp3) is 0.632. The Labute approximate surface area is 176 Å². The number of methoxy groups -OCH3 is 1. The van der Waals surface area contributed by atoms with Crippen LogP contribution in [0.2, 0.25) is 0 Å². The molecule has 6 nitrogen and oxygen atoms in total. The van der Waals surface area contributed by atoms with Crippen LogP contribution < -0.4 is 15.5 Å². The van der Waals surface area contributed by atoms with E-state index in [2.05, 4.69) is 72.8 Å². The van der Waals surface area contributed by atoms with E-state index in [-0.39, 0.29) is 24.0 Å². The Balaban J connectivity index is 0.00000625. The monoisotopic (exact) mass is 477 g/mol. The van der Waals surface area contributed by atoms with E-state index in [1.807, 2.05) is 0 Å². The van der Waals surface area contributed by atoms with Crippen LogP contribution >= 0.6 is 24.0 Å². The normalized spacial score (nSPS) is 11.2. The van der Waals surface area contributed by atoms with Crippen LogP contribution in [0.5, 0.6) is 0 Å². The zero-order chi connectivity index (χ0) is 18.5. The topological polar surface area (TPSA) is 52.1 Å². The first-order chi connectivity index (χ1) is 12.1. The number of hydrogen-bond donors (Lipinski definition) is 2. The Bertz CT molecular complexity index is 510. The first-order valence-electron chi connectivity index (χ1n) is 9.02. The van der Waals surface area contributed by atoms with E-state index in [1.165, 1.54) is 11.3 Å². The first-order valence-corrected chi connectivity index (χ1v) is 9.02. The van der Waals surface area contributed by atoms with E-state index in [1.54, 1.807) is 7.11 Å². The molecule has 1 aromatic rings. The van der Waals surface area contributed by atoms with Gasteiger partial charge in [-0.3, -0.25) is 0 Å². The lowest BCUT2D eigenvalue weighted by atomic mass is 10.2. The SMILES string of the molecule is CCNC(=NCc1cccc(N(C)C)c1)NCCN(C)CCCOC.I. The molecule has 1 rings (SSSR count). The molecule has 0 bridgehead atoms. The van der Waals surface area contributed by atoms with Gasteiger partial charge in [0.1, 0.15) is 0 Å². The number of likely N-dealkylation sites (N-methyl/N-ethyl adjacent to an activating group) is 1. The number of benzene rings is 1. The average molecular weight is 477 g/mol. The molecule has 150 valence electrons. The van der Waals surface area contributed by atoms with Crippen molar-refractivity contribution < 1.29 is 4.74 Å². The van der Waals surface area contributed by atoms with Crippen LogP contribution in [0.1, 0.15) is 18.9 Å². The number of rotatable bonds is 11. The Morgan fingerprint density at radius 3 is 2.58 bits per heavy atom. The zero-order valence-corrected chi connectivity index (χ0v) is 19.2. The Kier molecular flexibility index (Phi) is 14.4. The summed E-state index contributed by atoms with van der Waals surface area (Å²) in [4.78, 5) is 9.10. The molecule has 0 aliphatic rings. The van der Waals surface area contributed by atoms with Gasteiger partial charge < -0.3 is 25.2 Å².